The summed E-state index contributed by atoms with van der Waals surface area (Å²) in [6, 6.07) is 20.3. The lowest BCUT2D eigenvalue weighted by atomic mass is 9.81. The van der Waals surface area contributed by atoms with E-state index in [1.54, 1.807) is 18.6 Å². The first kappa shape index (κ1) is 26.6. The summed E-state index contributed by atoms with van der Waals surface area (Å²) in [7, 11) is 2.95. The Hall–Kier alpha value is -3.64. The molecule has 3 heterocycles. The zero-order valence-electron chi connectivity index (χ0n) is 21.9. The van der Waals surface area contributed by atoms with Gasteiger partial charge < -0.3 is 18.9 Å². The molecule has 4 aromatic rings. The number of hydrogen-bond acceptors (Lipinski definition) is 8. The summed E-state index contributed by atoms with van der Waals surface area (Å²) in [6.45, 7) is 2.06. The van der Waals surface area contributed by atoms with Crippen molar-refractivity contribution in [3.05, 3.63) is 107 Å². The molecular weight excluding hydrogens is 643 g/mol. The van der Waals surface area contributed by atoms with Crippen molar-refractivity contribution in [3.63, 3.8) is 0 Å². The number of ether oxygens (including phenoxy) is 4. The number of fused-ring (bicyclic) bond motifs is 6. The van der Waals surface area contributed by atoms with Crippen LogP contribution in [0.2, 0.25) is 0 Å². The first-order chi connectivity index (χ1) is 19.3. The molecule has 40 heavy (non-hydrogen) atoms. The normalized spacial score (nSPS) is 20.9. The highest BCUT2D eigenvalue weighted by atomic mass is 127. The van der Waals surface area contributed by atoms with Gasteiger partial charge in [0.25, 0.3) is 5.56 Å². The molecule has 0 radical (unpaired) electrons. The van der Waals surface area contributed by atoms with E-state index in [2.05, 4.69) is 22.6 Å². The fourth-order valence-corrected chi connectivity index (χ4v) is 6.73. The third-order valence-electron chi connectivity index (χ3n) is 7.15. The predicted molar refractivity (Wildman–Crippen MR) is 159 cm³/mol. The fourth-order valence-electron chi connectivity index (χ4n) is 5.28. The Balaban J connectivity index is 1.43. The lowest BCUT2D eigenvalue weighted by molar-refractivity contribution is -0.158. The molecule has 0 saturated carbocycles. The van der Waals surface area contributed by atoms with Crippen molar-refractivity contribution >= 4 is 46.0 Å². The molecule has 0 aliphatic carbocycles. The van der Waals surface area contributed by atoms with Crippen LogP contribution >= 0.6 is 33.9 Å². The molecule has 2 bridgehead atoms. The third kappa shape index (κ3) is 4.58. The largest absolute Gasteiger partial charge is 0.496 e. The van der Waals surface area contributed by atoms with Gasteiger partial charge in [-0.2, -0.15) is 0 Å². The average molecular weight is 669 g/mol. The fraction of sp³-hybridized carbons (Fsp3) is 0.233. The summed E-state index contributed by atoms with van der Waals surface area (Å²) in [5.74, 6) is 0.751. The van der Waals surface area contributed by atoms with Crippen molar-refractivity contribution in [1.82, 2.24) is 4.57 Å². The van der Waals surface area contributed by atoms with Crippen LogP contribution in [0.25, 0.3) is 6.08 Å². The number of thiazole rings is 1. The van der Waals surface area contributed by atoms with E-state index in [0.29, 0.717) is 27.4 Å². The Kier molecular flexibility index (Phi) is 6.91. The number of para-hydroxylation sites is 1. The zero-order chi connectivity index (χ0) is 28.0. The first-order valence-electron chi connectivity index (χ1n) is 12.6. The number of nitrogens with zero attached hydrogens (tertiary/aromatic N) is 2. The van der Waals surface area contributed by atoms with Gasteiger partial charge in [-0.1, -0.05) is 35.6 Å². The van der Waals surface area contributed by atoms with E-state index in [0.717, 1.165) is 26.0 Å². The Morgan fingerprint density at radius 3 is 2.67 bits per heavy atom. The standard InChI is InChI=1S/C30H25IN2O6S/c1-30-25(28(35)37-3)26(21-6-4-5-7-23(21)39-30)33-27(34)24(40-29(33)32-30)15-17-8-13-22(36-2)18(14-17)16-38-20-11-9-19(31)10-12-20/h4-15,25-26H,16H2,1-3H3/b24-15+/t25-,26-,30+/m1/s1. The van der Waals surface area contributed by atoms with Crippen molar-refractivity contribution in [2.45, 2.75) is 25.3 Å². The summed E-state index contributed by atoms with van der Waals surface area (Å²) < 4.78 is 26.1. The summed E-state index contributed by atoms with van der Waals surface area (Å²) in [4.78, 5) is 32.1. The molecule has 0 N–H and O–H groups in total. The maximum Gasteiger partial charge on any atom is 0.317 e. The molecule has 0 spiro atoms. The van der Waals surface area contributed by atoms with Crippen LogP contribution in [0.4, 0.5) is 0 Å². The Morgan fingerprint density at radius 1 is 1.15 bits per heavy atom. The number of methoxy groups -OCH3 is 2. The second-order valence-corrected chi connectivity index (χ2v) is 11.9. The highest BCUT2D eigenvalue weighted by molar-refractivity contribution is 14.1. The van der Waals surface area contributed by atoms with Gasteiger partial charge in [-0.15, -0.1) is 0 Å². The maximum atomic E-state index is 13.9. The summed E-state index contributed by atoms with van der Waals surface area (Å²) in [5, 5.41) is 0. The van der Waals surface area contributed by atoms with Gasteiger partial charge in [0.05, 0.1) is 24.8 Å². The highest BCUT2D eigenvalue weighted by Gasteiger charge is 2.55. The average Bonchev–Trinajstić information content (AvgIpc) is 3.24. The molecule has 204 valence electrons. The van der Waals surface area contributed by atoms with Crippen LogP contribution in [0.1, 0.15) is 29.7 Å². The van der Waals surface area contributed by atoms with Gasteiger partial charge in [0.1, 0.15) is 29.8 Å². The SMILES string of the molecule is COC(=O)[C@H]1[C@H]2c3ccccc3O[C@]1(C)N=c1s/c(=C/c3ccc(OC)c(COc4ccc(I)cc4)c3)c(=O)n12. The highest BCUT2D eigenvalue weighted by Crippen LogP contribution is 2.47. The van der Waals surface area contributed by atoms with Gasteiger partial charge in [-0.05, 0) is 83.6 Å². The minimum atomic E-state index is -1.21. The van der Waals surface area contributed by atoms with Gasteiger partial charge in [0.15, 0.2) is 4.80 Å². The molecule has 10 heteroatoms. The van der Waals surface area contributed by atoms with Crippen LogP contribution < -0.4 is 29.1 Å². The van der Waals surface area contributed by atoms with Crippen LogP contribution in [-0.2, 0) is 16.1 Å². The molecular formula is C30H25IN2O6S. The van der Waals surface area contributed by atoms with Gasteiger partial charge in [0, 0.05) is 14.7 Å². The van der Waals surface area contributed by atoms with Crippen LogP contribution in [0.5, 0.6) is 17.2 Å². The Bertz CT molecular complexity index is 1800. The summed E-state index contributed by atoms with van der Waals surface area (Å²) in [5.41, 5.74) is 0.971. The van der Waals surface area contributed by atoms with E-state index in [4.69, 9.17) is 23.9 Å². The number of aromatic nitrogens is 1. The van der Waals surface area contributed by atoms with Crippen LogP contribution in [0.3, 0.4) is 0 Å². The van der Waals surface area contributed by atoms with Gasteiger partial charge in [-0.3, -0.25) is 14.2 Å². The van der Waals surface area contributed by atoms with Crippen LogP contribution in [0.15, 0.2) is 76.5 Å². The van der Waals surface area contributed by atoms with Crippen LogP contribution in [0, 0.1) is 9.49 Å². The molecule has 2 aliphatic heterocycles. The number of benzene rings is 3. The number of esters is 1. The zero-order valence-corrected chi connectivity index (χ0v) is 24.9. The van der Waals surface area contributed by atoms with Gasteiger partial charge in [0.2, 0.25) is 5.72 Å². The second kappa shape index (κ2) is 10.4. The van der Waals surface area contributed by atoms with Gasteiger partial charge >= 0.3 is 5.97 Å². The topological polar surface area (TPSA) is 88.4 Å². The van der Waals surface area contributed by atoms with Crippen LogP contribution in [-0.4, -0.2) is 30.5 Å². The molecule has 0 fully saturated rings. The van der Waals surface area contributed by atoms with E-state index in [1.807, 2.05) is 72.8 Å². The minimum absolute atomic E-state index is 0.228. The van der Waals surface area contributed by atoms with E-state index in [9.17, 15) is 9.59 Å². The smallest absolute Gasteiger partial charge is 0.317 e. The number of carbonyl (C=O) groups is 1. The Labute approximate surface area is 247 Å². The number of hydrogen-bond donors (Lipinski definition) is 0. The number of halogens is 1. The molecule has 0 unspecified atom stereocenters. The molecule has 0 amide bonds. The van der Waals surface area contributed by atoms with Crippen molar-refractivity contribution in [3.8, 4) is 17.2 Å². The molecule has 0 saturated heterocycles. The number of carbonyl (C=O) groups excluding carboxylic acids is 1. The molecule has 6 rings (SSSR count). The van der Waals surface area contributed by atoms with Crippen molar-refractivity contribution in [1.29, 1.82) is 0 Å². The molecule has 2 aliphatic rings. The van der Waals surface area contributed by atoms with Crippen molar-refractivity contribution in [2.75, 3.05) is 14.2 Å². The molecule has 1 aromatic heterocycles. The van der Waals surface area contributed by atoms with E-state index in [-0.39, 0.29) is 5.56 Å². The first-order valence-corrected chi connectivity index (χ1v) is 14.4. The minimum Gasteiger partial charge on any atom is -0.496 e. The predicted octanol–water partition coefficient (Wildman–Crippen LogP) is 4.05. The van der Waals surface area contributed by atoms with E-state index in [1.165, 1.54) is 18.4 Å². The molecule has 3 atom stereocenters. The summed E-state index contributed by atoms with van der Waals surface area (Å²) >= 11 is 3.52. The van der Waals surface area contributed by atoms with Crippen molar-refractivity contribution < 1.29 is 23.7 Å². The van der Waals surface area contributed by atoms with Gasteiger partial charge in [-0.25, -0.2) is 4.99 Å². The number of rotatable bonds is 6. The lowest BCUT2D eigenvalue weighted by Gasteiger charge is -2.44. The Morgan fingerprint density at radius 2 is 1.93 bits per heavy atom. The second-order valence-electron chi connectivity index (χ2n) is 9.63. The molecule has 8 nitrogen and oxygen atoms in total. The molecule has 3 aromatic carbocycles. The lowest BCUT2D eigenvalue weighted by Crippen LogP contribution is -2.58. The monoisotopic (exact) mass is 668 g/mol. The van der Waals surface area contributed by atoms with E-state index >= 15 is 0 Å². The van der Waals surface area contributed by atoms with E-state index < -0.39 is 23.7 Å². The third-order valence-corrected chi connectivity index (χ3v) is 8.85. The summed E-state index contributed by atoms with van der Waals surface area (Å²) in [6.07, 6.45) is 1.83. The quantitative estimate of drug-likeness (QED) is 0.228. The van der Waals surface area contributed by atoms with Crippen molar-refractivity contribution in [2.24, 2.45) is 10.9 Å². The maximum absolute atomic E-state index is 13.9.